The molecular weight excluding hydrogens is 619 g/mol. The standard InChI is InChI=1S/C25H20F11NO4S/c1-20(39,23(28,29)30)19(38)37-11-10-21(42(40,41)16-6-4-15(26)5-7-16)17-8-3-14(12-13(17)2-9-18(21)37)22(27,24(31,32)33)25(34,35)36/h3-8,12,18,39H,2,9-11H2,1H3/t18-,20?,21-/m1/s1. The van der Waals surface area contributed by atoms with Crippen molar-refractivity contribution in [2.45, 2.75) is 71.7 Å². The van der Waals surface area contributed by atoms with Crippen molar-refractivity contribution >= 4 is 15.7 Å². The van der Waals surface area contributed by atoms with E-state index >= 15 is 0 Å². The molecule has 17 heteroatoms. The Kier molecular flexibility index (Phi) is 7.25. The average molecular weight is 639 g/mol. The molecule has 1 N–H and O–H groups in total. The van der Waals surface area contributed by atoms with Gasteiger partial charge in [0.25, 0.3) is 5.91 Å². The maximum atomic E-state index is 14.8. The number of halogens is 11. The Morgan fingerprint density at radius 1 is 0.905 bits per heavy atom. The van der Waals surface area contributed by atoms with Gasteiger partial charge in [-0.2, -0.15) is 39.5 Å². The molecular formula is C25H20F11NO4S. The van der Waals surface area contributed by atoms with Crippen molar-refractivity contribution < 1.29 is 66.6 Å². The number of hydrogen-bond donors (Lipinski definition) is 1. The first-order chi connectivity index (χ1) is 18.9. The van der Waals surface area contributed by atoms with E-state index in [-0.39, 0.29) is 19.1 Å². The van der Waals surface area contributed by atoms with Gasteiger partial charge in [-0.3, -0.25) is 4.79 Å². The zero-order valence-electron chi connectivity index (χ0n) is 21.1. The van der Waals surface area contributed by atoms with Gasteiger partial charge in [0.15, 0.2) is 9.84 Å². The van der Waals surface area contributed by atoms with Gasteiger partial charge in [-0.25, -0.2) is 17.2 Å². The molecule has 3 atom stereocenters. The molecule has 0 radical (unpaired) electrons. The van der Waals surface area contributed by atoms with Crippen LogP contribution >= 0.6 is 0 Å². The van der Waals surface area contributed by atoms with Gasteiger partial charge < -0.3 is 10.0 Å². The fourth-order valence-corrected chi connectivity index (χ4v) is 8.06. The zero-order chi connectivity index (χ0) is 31.9. The van der Waals surface area contributed by atoms with Crippen molar-refractivity contribution in [3.63, 3.8) is 0 Å². The van der Waals surface area contributed by atoms with E-state index in [4.69, 9.17) is 0 Å². The fourth-order valence-electron chi connectivity index (χ4n) is 5.70. The van der Waals surface area contributed by atoms with E-state index in [2.05, 4.69) is 0 Å². The summed E-state index contributed by atoms with van der Waals surface area (Å²) in [6, 6.07) is 2.12. The minimum Gasteiger partial charge on any atom is -0.373 e. The number of alkyl halides is 10. The first kappa shape index (κ1) is 32.0. The van der Waals surface area contributed by atoms with Crippen LogP contribution in [0.5, 0.6) is 0 Å². The molecule has 5 nitrogen and oxygen atoms in total. The highest BCUT2D eigenvalue weighted by Crippen LogP contribution is 2.57. The number of aliphatic hydroxyl groups is 1. The maximum absolute atomic E-state index is 14.8. The Morgan fingerprint density at radius 3 is 1.95 bits per heavy atom. The summed E-state index contributed by atoms with van der Waals surface area (Å²) >= 11 is 0. The summed E-state index contributed by atoms with van der Waals surface area (Å²) in [6.45, 7) is -0.586. The number of rotatable bonds is 4. The van der Waals surface area contributed by atoms with Crippen molar-refractivity contribution in [2.24, 2.45) is 0 Å². The number of hydrogen-bond acceptors (Lipinski definition) is 4. The summed E-state index contributed by atoms with van der Waals surface area (Å²) in [4.78, 5) is 12.8. The highest BCUT2D eigenvalue weighted by molar-refractivity contribution is 7.92. The SMILES string of the molecule is CC(O)(C(=O)N1CC[C@@]2(S(=O)(=O)c3ccc(F)cc3)c3ccc(C(F)(C(F)(F)F)C(F)(F)F)cc3CC[C@@H]12)C(F)(F)F. The number of aryl methyl sites for hydroxylation is 1. The molecule has 1 aliphatic heterocycles. The fraction of sp³-hybridized carbons (Fsp3) is 0.480. The number of sulfone groups is 1. The molecule has 42 heavy (non-hydrogen) atoms. The second kappa shape index (κ2) is 9.53. The van der Waals surface area contributed by atoms with Crippen LogP contribution in [0.3, 0.4) is 0 Å². The van der Waals surface area contributed by atoms with E-state index in [0.29, 0.717) is 11.0 Å². The molecule has 1 aliphatic carbocycles. The third kappa shape index (κ3) is 4.36. The van der Waals surface area contributed by atoms with E-state index in [1.54, 1.807) is 0 Å². The largest absolute Gasteiger partial charge is 0.435 e. The van der Waals surface area contributed by atoms with Crippen molar-refractivity contribution in [3.05, 3.63) is 65.0 Å². The molecule has 1 heterocycles. The van der Waals surface area contributed by atoms with Crippen molar-refractivity contribution in [3.8, 4) is 0 Å². The summed E-state index contributed by atoms with van der Waals surface area (Å²) in [5.74, 6) is -2.83. The molecule has 4 rings (SSSR count). The highest BCUT2D eigenvalue weighted by Gasteiger charge is 2.74. The zero-order valence-corrected chi connectivity index (χ0v) is 21.9. The second-order valence-corrected chi connectivity index (χ2v) is 12.5. The van der Waals surface area contributed by atoms with Crippen LogP contribution in [0.4, 0.5) is 48.3 Å². The van der Waals surface area contributed by atoms with Crippen LogP contribution in [0.25, 0.3) is 0 Å². The molecule has 0 aromatic heterocycles. The van der Waals surface area contributed by atoms with Crippen molar-refractivity contribution in [2.75, 3.05) is 6.54 Å². The number of carbonyl (C=O) groups excluding carboxylic acids is 1. The molecule has 2 aliphatic rings. The van der Waals surface area contributed by atoms with Gasteiger partial charge >= 0.3 is 24.2 Å². The number of likely N-dealkylation sites (tertiary alicyclic amines) is 1. The van der Waals surface area contributed by atoms with Gasteiger partial charge in [-0.1, -0.05) is 18.2 Å². The molecule has 0 saturated carbocycles. The quantitative estimate of drug-likeness (QED) is 0.347. The molecule has 0 bridgehead atoms. The van der Waals surface area contributed by atoms with Gasteiger partial charge in [0.1, 0.15) is 10.6 Å². The summed E-state index contributed by atoms with van der Waals surface area (Å²) < 4.78 is 175. The van der Waals surface area contributed by atoms with Gasteiger partial charge in [0.05, 0.1) is 10.9 Å². The number of fused-ring (bicyclic) bond motifs is 3. The van der Waals surface area contributed by atoms with Gasteiger partial charge in [0.2, 0.25) is 5.60 Å². The highest BCUT2D eigenvalue weighted by atomic mass is 32.2. The van der Waals surface area contributed by atoms with Crippen LogP contribution in [0.2, 0.25) is 0 Å². The predicted octanol–water partition coefficient (Wildman–Crippen LogP) is 5.64. The third-order valence-corrected chi connectivity index (χ3v) is 10.4. The Bertz CT molecular complexity index is 1480. The molecule has 232 valence electrons. The number of benzene rings is 2. The first-order valence-corrected chi connectivity index (χ1v) is 13.5. The topological polar surface area (TPSA) is 74.7 Å². The van der Waals surface area contributed by atoms with Crippen LogP contribution < -0.4 is 0 Å². The van der Waals surface area contributed by atoms with E-state index in [1.807, 2.05) is 0 Å². The molecule has 1 amide bonds. The minimum absolute atomic E-state index is 0.0838. The number of amides is 1. The van der Waals surface area contributed by atoms with Crippen molar-refractivity contribution in [1.29, 1.82) is 0 Å². The van der Waals surface area contributed by atoms with Crippen LogP contribution in [0, 0.1) is 5.82 Å². The Hall–Kier alpha value is -2.95. The Balaban J connectivity index is 1.97. The maximum Gasteiger partial charge on any atom is 0.435 e. The minimum atomic E-state index is -6.48. The van der Waals surface area contributed by atoms with Crippen LogP contribution in [0.15, 0.2) is 47.4 Å². The van der Waals surface area contributed by atoms with Gasteiger partial charge in [-0.15, -0.1) is 0 Å². The lowest BCUT2D eigenvalue weighted by Gasteiger charge is -2.44. The first-order valence-electron chi connectivity index (χ1n) is 12.0. The van der Waals surface area contributed by atoms with E-state index in [9.17, 15) is 66.6 Å². The normalized spacial score (nSPS) is 23.3. The summed E-state index contributed by atoms with van der Waals surface area (Å²) in [5.41, 5.74) is -12.7. The second-order valence-electron chi connectivity index (χ2n) is 10.2. The van der Waals surface area contributed by atoms with Crippen LogP contribution in [-0.4, -0.2) is 61.0 Å². The lowest BCUT2D eigenvalue weighted by atomic mass is 9.76. The molecule has 1 unspecified atom stereocenters. The van der Waals surface area contributed by atoms with Crippen LogP contribution in [-0.2, 0) is 31.5 Å². The molecule has 1 fully saturated rings. The van der Waals surface area contributed by atoms with E-state index in [0.717, 1.165) is 24.3 Å². The van der Waals surface area contributed by atoms with Crippen LogP contribution in [0.1, 0.15) is 36.5 Å². The van der Waals surface area contributed by atoms with E-state index in [1.165, 1.54) is 0 Å². The van der Waals surface area contributed by atoms with Crippen molar-refractivity contribution in [1.82, 2.24) is 4.90 Å². The average Bonchev–Trinajstić information content (AvgIpc) is 3.27. The molecule has 2 aromatic carbocycles. The Labute approximate surface area is 230 Å². The smallest absolute Gasteiger partial charge is 0.373 e. The van der Waals surface area contributed by atoms with Gasteiger partial charge in [-0.05, 0) is 61.6 Å². The lowest BCUT2D eigenvalue weighted by molar-refractivity contribution is -0.348. The molecule has 2 aromatic rings. The lowest BCUT2D eigenvalue weighted by Crippen LogP contribution is -2.60. The monoisotopic (exact) mass is 639 g/mol. The summed E-state index contributed by atoms with van der Waals surface area (Å²) in [7, 11) is -4.90. The summed E-state index contributed by atoms with van der Waals surface area (Å²) in [6.07, 6.45) is -20.3. The molecule has 1 saturated heterocycles. The number of nitrogens with zero attached hydrogens (tertiary/aromatic N) is 1. The summed E-state index contributed by atoms with van der Waals surface area (Å²) in [5, 5.41) is 10.0. The third-order valence-electron chi connectivity index (χ3n) is 7.90. The van der Waals surface area contributed by atoms with Gasteiger partial charge in [0, 0.05) is 12.1 Å². The Morgan fingerprint density at radius 2 is 1.45 bits per heavy atom. The predicted molar refractivity (Wildman–Crippen MR) is 122 cm³/mol. The molecule has 0 spiro atoms. The number of carbonyl (C=O) groups is 1. The van der Waals surface area contributed by atoms with E-state index < -0.39 is 110 Å².